The Labute approximate surface area is 411 Å². The van der Waals surface area contributed by atoms with E-state index in [0.717, 1.165) is 12.0 Å². The number of fused-ring (bicyclic) bond motifs is 3. The molecule has 3 fully saturated rings. The van der Waals surface area contributed by atoms with Crippen molar-refractivity contribution in [3.8, 4) is 0 Å². The first kappa shape index (κ1) is 58.4. The van der Waals surface area contributed by atoms with Crippen LogP contribution in [0, 0.1) is 35.5 Å². The minimum atomic E-state index is -2.79. The number of cyclic esters (lactones) is 1. The number of carbonyl (C=O) groups is 5. The molecule has 4 rings (SSSR count). The maximum absolute atomic E-state index is 14.5. The Hall–Kier alpha value is -3.14. The van der Waals surface area contributed by atoms with E-state index in [2.05, 4.69) is 0 Å². The van der Waals surface area contributed by atoms with Crippen LogP contribution in [-0.4, -0.2) is 140 Å². The van der Waals surface area contributed by atoms with Crippen molar-refractivity contribution in [3.05, 3.63) is 47.6 Å². The van der Waals surface area contributed by atoms with Crippen LogP contribution < -0.4 is 0 Å². The van der Waals surface area contributed by atoms with Crippen molar-refractivity contribution >= 4 is 36.6 Å². The number of ether oxygens (including phenoxy) is 5. The van der Waals surface area contributed by atoms with E-state index < -0.39 is 85.1 Å². The van der Waals surface area contributed by atoms with Crippen molar-refractivity contribution in [1.29, 1.82) is 0 Å². The van der Waals surface area contributed by atoms with Crippen molar-refractivity contribution in [2.24, 2.45) is 35.5 Å². The van der Waals surface area contributed by atoms with Gasteiger partial charge < -0.3 is 43.3 Å². The lowest BCUT2D eigenvalue weighted by Gasteiger charge is -2.42. The SMILES string of the molecule is COC1C[C@@H](C[C@@H](C)[C@@H]2CC(=O)C(C)/C=C(\C)[C@@H](O)[C@@H](OC)C(=O)[C@H](C)CC(C)/C=C/C=C/C=C(\C)[C@@H](OC)C[C@@H]3CC[C@@H](C)[C@@](O)(O3)C(=O)C(=O)N3CCCCC3C(=O)O2)CCC1OP(C)(C)=O. The Bertz CT molecular complexity index is 1940. The molecule has 0 aromatic heterocycles. The molecule has 16 heteroatoms. The molecule has 0 spiro atoms. The number of hydrogen-bond acceptors (Lipinski definition) is 14. The van der Waals surface area contributed by atoms with Crippen LogP contribution >= 0.6 is 7.37 Å². The Morgan fingerprint density at radius 3 is 2.22 bits per heavy atom. The average Bonchev–Trinajstić information content (AvgIpc) is 3.30. The molecule has 1 amide bonds. The van der Waals surface area contributed by atoms with E-state index in [-0.39, 0.29) is 60.9 Å². The molecule has 2 bridgehead atoms. The monoisotopic (exact) mass is 990 g/mol. The zero-order valence-corrected chi connectivity index (χ0v) is 44.3. The molecule has 0 radical (unpaired) electrons. The van der Waals surface area contributed by atoms with Gasteiger partial charge in [-0.15, -0.1) is 0 Å². The molecule has 5 unspecified atom stereocenters. The molecule has 390 valence electrons. The van der Waals surface area contributed by atoms with E-state index in [4.69, 9.17) is 28.2 Å². The van der Waals surface area contributed by atoms with E-state index in [1.54, 1.807) is 54.4 Å². The molecule has 1 aliphatic carbocycles. The summed E-state index contributed by atoms with van der Waals surface area (Å²) in [5, 5.41) is 23.5. The zero-order valence-electron chi connectivity index (χ0n) is 43.4. The number of Topliss-reactive ketones (excluding diaryl/α,β-unsaturated/α-hetero) is 3. The number of esters is 1. The fourth-order valence-corrected chi connectivity index (χ4v) is 11.4. The maximum Gasteiger partial charge on any atom is 0.329 e. The standard InChI is InChI=1S/C53H84NO14P/c1-32-18-14-13-15-19-33(2)44(63-8)30-40-23-21-38(7)53(61,67-40)50(58)51(59)54-25-17-16-20-41(54)52(60)66-45(35(4)28-39-22-24-43(46(29-39)64-9)68-69(11,12)62)31-42(55)34(3)27-37(6)48(57)49(65-10)47(56)36(5)26-32/h13-15,18-19,27,32,34-36,38-41,43-46,48-49,57,61H,16-17,20-26,28-31H2,1-12H3/b15-13+,18-14+,33-19+,37-27+/t32?,34?,35-,36-,38-,39-,40+,41?,43?,44+,45+,46?,48-,49+,53-/m1/s1. The number of hydrogen-bond donors (Lipinski definition) is 2. The largest absolute Gasteiger partial charge is 0.460 e. The van der Waals surface area contributed by atoms with Gasteiger partial charge in [0.1, 0.15) is 30.1 Å². The lowest BCUT2D eigenvalue weighted by Crippen LogP contribution is -2.61. The normalized spacial score (nSPS) is 39.0. The highest BCUT2D eigenvalue weighted by Gasteiger charge is 2.53. The van der Waals surface area contributed by atoms with Crippen LogP contribution in [0.1, 0.15) is 126 Å². The molecule has 4 aliphatic rings. The number of piperidine rings is 1. The van der Waals surface area contributed by atoms with E-state index in [1.807, 2.05) is 58.1 Å². The average molecular weight is 990 g/mol. The number of amides is 1. The predicted octanol–water partition coefficient (Wildman–Crippen LogP) is 7.74. The third kappa shape index (κ3) is 16.2. The Morgan fingerprint density at radius 1 is 0.855 bits per heavy atom. The van der Waals surface area contributed by atoms with Gasteiger partial charge in [-0.25, -0.2) is 4.79 Å². The van der Waals surface area contributed by atoms with Gasteiger partial charge in [0.15, 0.2) is 13.2 Å². The minimum Gasteiger partial charge on any atom is -0.460 e. The molecule has 69 heavy (non-hydrogen) atoms. The van der Waals surface area contributed by atoms with Crippen molar-refractivity contribution in [2.75, 3.05) is 41.2 Å². The van der Waals surface area contributed by atoms with Gasteiger partial charge in [-0.1, -0.05) is 71.1 Å². The molecule has 0 aromatic rings. The molecule has 15 atom stereocenters. The Morgan fingerprint density at radius 2 is 1.57 bits per heavy atom. The van der Waals surface area contributed by atoms with E-state index in [0.29, 0.717) is 63.4 Å². The van der Waals surface area contributed by atoms with Crippen LogP contribution in [-0.2, 0) is 56.7 Å². The summed E-state index contributed by atoms with van der Waals surface area (Å²) in [7, 11) is 1.76. The highest BCUT2D eigenvalue weighted by atomic mass is 31.2. The van der Waals surface area contributed by atoms with Crippen LogP contribution in [0.4, 0.5) is 0 Å². The van der Waals surface area contributed by atoms with Crippen LogP contribution in [0.2, 0.25) is 0 Å². The minimum absolute atomic E-state index is 0.0117. The summed E-state index contributed by atoms with van der Waals surface area (Å²) in [5.41, 5.74) is 1.25. The molecule has 3 aliphatic heterocycles. The topological polar surface area (TPSA) is 202 Å². The van der Waals surface area contributed by atoms with Crippen molar-refractivity contribution in [1.82, 2.24) is 4.90 Å². The van der Waals surface area contributed by atoms with Gasteiger partial charge in [-0.05, 0) is 107 Å². The Balaban J connectivity index is 1.70. The highest BCUT2D eigenvalue weighted by Crippen LogP contribution is 2.45. The van der Waals surface area contributed by atoms with Gasteiger partial charge in [-0.3, -0.25) is 23.7 Å². The molecule has 2 saturated heterocycles. The molecule has 1 saturated carbocycles. The number of nitrogens with zero attached hydrogens (tertiary/aromatic N) is 1. The molecule has 0 aromatic carbocycles. The second-order valence-electron chi connectivity index (χ2n) is 20.9. The third-order valence-corrected chi connectivity index (χ3v) is 15.6. The Kier molecular flexibility index (Phi) is 22.5. The predicted molar refractivity (Wildman–Crippen MR) is 263 cm³/mol. The van der Waals surface area contributed by atoms with Crippen LogP contribution in [0.5, 0.6) is 0 Å². The number of rotatable bonds is 8. The molecule has 2 N–H and O–H groups in total. The van der Waals surface area contributed by atoms with Gasteiger partial charge in [0.25, 0.3) is 11.7 Å². The number of methoxy groups -OCH3 is 3. The summed E-state index contributed by atoms with van der Waals surface area (Å²) < 4.78 is 48.2. The number of ketones is 3. The smallest absolute Gasteiger partial charge is 0.329 e. The number of aliphatic hydroxyl groups is 2. The zero-order chi connectivity index (χ0) is 51.4. The molecule has 15 nitrogen and oxygen atoms in total. The van der Waals surface area contributed by atoms with Crippen molar-refractivity contribution in [3.63, 3.8) is 0 Å². The van der Waals surface area contributed by atoms with Crippen LogP contribution in [0.25, 0.3) is 0 Å². The maximum atomic E-state index is 14.5. The first-order valence-electron chi connectivity index (χ1n) is 25.2. The fraction of sp³-hybridized carbons (Fsp3) is 0.755. The summed E-state index contributed by atoms with van der Waals surface area (Å²) in [6.07, 6.45) is 11.4. The first-order chi connectivity index (χ1) is 32.4. The first-order valence-corrected chi connectivity index (χ1v) is 27.7. The summed E-state index contributed by atoms with van der Waals surface area (Å²) in [6.45, 7) is 15.9. The van der Waals surface area contributed by atoms with E-state index >= 15 is 0 Å². The second-order valence-corrected chi connectivity index (χ2v) is 23.6. The van der Waals surface area contributed by atoms with Gasteiger partial charge in [0.2, 0.25) is 5.79 Å². The van der Waals surface area contributed by atoms with E-state index in [9.17, 15) is 38.8 Å². The number of allylic oxidation sites excluding steroid dienone is 6. The summed E-state index contributed by atoms with van der Waals surface area (Å²) in [6, 6.07) is -1.16. The van der Waals surface area contributed by atoms with E-state index in [1.165, 1.54) is 12.0 Å². The van der Waals surface area contributed by atoms with Gasteiger partial charge >= 0.3 is 5.97 Å². The quantitative estimate of drug-likeness (QED) is 0.104. The lowest BCUT2D eigenvalue weighted by molar-refractivity contribution is -0.265. The van der Waals surface area contributed by atoms with Crippen LogP contribution in [0.3, 0.4) is 0 Å². The molecule has 3 heterocycles. The fourth-order valence-electron chi connectivity index (χ4n) is 10.5. The summed E-state index contributed by atoms with van der Waals surface area (Å²) in [4.78, 5) is 72.2. The molecular formula is C53H84NO14P. The summed E-state index contributed by atoms with van der Waals surface area (Å²) in [5.74, 6) is -8.11. The highest BCUT2D eigenvalue weighted by molar-refractivity contribution is 7.57. The number of aliphatic hydroxyl groups excluding tert-OH is 1. The third-order valence-electron chi connectivity index (χ3n) is 14.8. The summed E-state index contributed by atoms with van der Waals surface area (Å²) >= 11 is 0. The van der Waals surface area contributed by atoms with Crippen molar-refractivity contribution < 1.29 is 67.0 Å². The number of carbonyl (C=O) groups excluding carboxylic acids is 5. The van der Waals surface area contributed by atoms with Gasteiger partial charge in [0, 0.05) is 71.8 Å². The van der Waals surface area contributed by atoms with Gasteiger partial charge in [-0.2, -0.15) is 0 Å². The van der Waals surface area contributed by atoms with Crippen LogP contribution in [0.15, 0.2) is 47.6 Å². The molecular weight excluding hydrogens is 906 g/mol. The second kappa shape index (κ2) is 26.5. The lowest BCUT2D eigenvalue weighted by atomic mass is 9.78. The van der Waals surface area contributed by atoms with Crippen molar-refractivity contribution in [2.45, 2.75) is 180 Å². The van der Waals surface area contributed by atoms with Gasteiger partial charge in [0.05, 0.1) is 24.4 Å².